The number of hydrogen-bond donors (Lipinski definition) is 0. The Balaban J connectivity index is 1.80. The third kappa shape index (κ3) is 1.56. The maximum absolute atomic E-state index is 12.9. The minimum atomic E-state index is -2.45. The molecule has 0 unspecified atom stereocenters. The highest BCUT2D eigenvalue weighted by Gasteiger charge is 2.57. The van der Waals surface area contributed by atoms with Crippen LogP contribution in [0.1, 0.15) is 33.6 Å². The fourth-order valence-corrected chi connectivity index (χ4v) is 2.78. The third-order valence-electron chi connectivity index (χ3n) is 3.88. The monoisotopic (exact) mass is 203 g/mol. The van der Waals surface area contributed by atoms with Gasteiger partial charge in [-0.25, -0.2) is 8.78 Å². The van der Waals surface area contributed by atoms with E-state index in [1.165, 1.54) is 0 Å². The Hall–Kier alpha value is -0.180. The van der Waals surface area contributed by atoms with Gasteiger partial charge in [-0.15, -0.1) is 0 Å². The van der Waals surface area contributed by atoms with Gasteiger partial charge in [-0.3, -0.25) is 4.90 Å². The van der Waals surface area contributed by atoms with E-state index < -0.39 is 5.92 Å². The van der Waals surface area contributed by atoms with E-state index in [-0.39, 0.29) is 11.3 Å². The Kier molecular flexibility index (Phi) is 2.15. The number of likely N-dealkylation sites (tertiary alicyclic amines) is 1. The molecule has 82 valence electrons. The number of halogens is 2. The topological polar surface area (TPSA) is 3.24 Å². The van der Waals surface area contributed by atoms with Crippen LogP contribution < -0.4 is 0 Å². The lowest BCUT2D eigenvalue weighted by molar-refractivity contribution is -0.178. The molecule has 0 aromatic rings. The summed E-state index contributed by atoms with van der Waals surface area (Å²) in [4.78, 5) is 2.37. The van der Waals surface area contributed by atoms with E-state index in [1.807, 2.05) is 0 Å². The number of rotatable bonds is 2. The zero-order chi connectivity index (χ0) is 10.6. The Labute approximate surface area is 84.5 Å². The second kappa shape index (κ2) is 2.91. The number of alkyl halides is 2. The van der Waals surface area contributed by atoms with E-state index in [9.17, 15) is 8.78 Å². The highest BCUT2D eigenvalue weighted by molar-refractivity contribution is 5.07. The average molecular weight is 203 g/mol. The summed E-state index contributed by atoms with van der Waals surface area (Å²) >= 11 is 0. The van der Waals surface area contributed by atoms with Gasteiger partial charge in [0.1, 0.15) is 0 Å². The second-order valence-corrected chi connectivity index (χ2v) is 5.56. The SMILES string of the molecule is CC(C)N1CC2(CC(C(C)(F)F)C2)C1. The standard InChI is InChI=1S/C11H19F2N/c1-8(2)14-6-11(7-14)4-9(5-11)10(3,12)13/h8-9H,4-7H2,1-3H3. The minimum absolute atomic E-state index is 0.272. The van der Waals surface area contributed by atoms with Gasteiger partial charge in [0.25, 0.3) is 0 Å². The molecule has 1 saturated heterocycles. The van der Waals surface area contributed by atoms with Crippen LogP contribution in [0, 0.1) is 11.3 Å². The largest absolute Gasteiger partial charge is 0.300 e. The van der Waals surface area contributed by atoms with Gasteiger partial charge >= 0.3 is 0 Å². The van der Waals surface area contributed by atoms with Crippen molar-refractivity contribution in [2.24, 2.45) is 11.3 Å². The van der Waals surface area contributed by atoms with Crippen LogP contribution in [-0.4, -0.2) is 30.0 Å². The molecule has 0 N–H and O–H groups in total. The molecule has 2 rings (SSSR count). The maximum atomic E-state index is 12.9. The molecule has 1 spiro atoms. The molecule has 0 aromatic heterocycles. The van der Waals surface area contributed by atoms with Crippen LogP contribution in [0.15, 0.2) is 0 Å². The molecule has 0 bridgehead atoms. The summed E-state index contributed by atoms with van der Waals surface area (Å²) in [6, 6.07) is 0.571. The van der Waals surface area contributed by atoms with Crippen LogP contribution in [0.4, 0.5) is 8.78 Å². The van der Waals surface area contributed by atoms with E-state index in [4.69, 9.17) is 0 Å². The fourth-order valence-electron chi connectivity index (χ4n) is 2.78. The Morgan fingerprint density at radius 2 is 1.79 bits per heavy atom. The van der Waals surface area contributed by atoms with Gasteiger partial charge in [-0.1, -0.05) is 0 Å². The summed E-state index contributed by atoms with van der Waals surface area (Å²) in [6.45, 7) is 7.47. The van der Waals surface area contributed by atoms with Gasteiger partial charge in [-0.2, -0.15) is 0 Å². The van der Waals surface area contributed by atoms with E-state index in [1.54, 1.807) is 0 Å². The molecule has 14 heavy (non-hydrogen) atoms. The van der Waals surface area contributed by atoms with Crippen molar-refractivity contribution in [1.82, 2.24) is 4.90 Å². The molecule has 1 nitrogen and oxygen atoms in total. The van der Waals surface area contributed by atoms with Crippen molar-refractivity contribution in [1.29, 1.82) is 0 Å². The van der Waals surface area contributed by atoms with Crippen molar-refractivity contribution in [3.05, 3.63) is 0 Å². The van der Waals surface area contributed by atoms with E-state index in [2.05, 4.69) is 18.7 Å². The second-order valence-electron chi connectivity index (χ2n) is 5.56. The van der Waals surface area contributed by atoms with Crippen molar-refractivity contribution < 1.29 is 8.78 Å². The minimum Gasteiger partial charge on any atom is -0.300 e. The Morgan fingerprint density at radius 3 is 2.14 bits per heavy atom. The summed E-state index contributed by atoms with van der Waals surface area (Å²) in [7, 11) is 0. The summed E-state index contributed by atoms with van der Waals surface area (Å²) in [5.41, 5.74) is 0.272. The highest BCUT2D eigenvalue weighted by Crippen LogP contribution is 2.56. The lowest BCUT2D eigenvalue weighted by Gasteiger charge is -2.61. The first-order valence-corrected chi connectivity index (χ1v) is 5.44. The van der Waals surface area contributed by atoms with E-state index in [0.717, 1.165) is 32.9 Å². The van der Waals surface area contributed by atoms with Gasteiger partial charge < -0.3 is 0 Å². The van der Waals surface area contributed by atoms with E-state index in [0.29, 0.717) is 6.04 Å². The van der Waals surface area contributed by atoms with Gasteiger partial charge in [-0.05, 0) is 39.0 Å². The van der Waals surface area contributed by atoms with Gasteiger partial charge in [0.2, 0.25) is 5.92 Å². The molecule has 1 saturated carbocycles. The molecule has 0 atom stereocenters. The maximum Gasteiger partial charge on any atom is 0.248 e. The first-order chi connectivity index (χ1) is 6.32. The molecule has 3 heteroatoms. The average Bonchev–Trinajstić information content (AvgIpc) is 1.74. The molecule has 1 aliphatic heterocycles. The van der Waals surface area contributed by atoms with Crippen LogP contribution in [0.25, 0.3) is 0 Å². The quantitative estimate of drug-likeness (QED) is 0.667. The Morgan fingerprint density at radius 1 is 1.29 bits per heavy atom. The van der Waals surface area contributed by atoms with Crippen LogP contribution >= 0.6 is 0 Å². The van der Waals surface area contributed by atoms with Gasteiger partial charge in [0.15, 0.2) is 0 Å². The first-order valence-electron chi connectivity index (χ1n) is 5.44. The van der Waals surface area contributed by atoms with Crippen molar-refractivity contribution in [3.8, 4) is 0 Å². The Bertz CT molecular complexity index is 218. The smallest absolute Gasteiger partial charge is 0.248 e. The van der Waals surface area contributed by atoms with Crippen LogP contribution in [-0.2, 0) is 0 Å². The van der Waals surface area contributed by atoms with Crippen molar-refractivity contribution in [2.75, 3.05) is 13.1 Å². The van der Waals surface area contributed by atoms with Crippen LogP contribution in [0.2, 0.25) is 0 Å². The van der Waals surface area contributed by atoms with Crippen molar-refractivity contribution in [2.45, 2.75) is 45.6 Å². The normalized spacial score (nSPS) is 27.9. The zero-order valence-electron chi connectivity index (χ0n) is 9.19. The molecule has 0 radical (unpaired) electrons. The van der Waals surface area contributed by atoms with Crippen LogP contribution in [0.3, 0.4) is 0 Å². The first kappa shape index (κ1) is 10.3. The van der Waals surface area contributed by atoms with Gasteiger partial charge in [0, 0.05) is 25.0 Å². The molecule has 2 aliphatic rings. The number of hydrogen-bond acceptors (Lipinski definition) is 1. The predicted octanol–water partition coefficient (Wildman–Crippen LogP) is 2.76. The number of nitrogens with zero attached hydrogens (tertiary/aromatic N) is 1. The van der Waals surface area contributed by atoms with Crippen molar-refractivity contribution >= 4 is 0 Å². The lowest BCUT2D eigenvalue weighted by atomic mass is 9.56. The molecule has 1 aliphatic carbocycles. The fraction of sp³-hybridized carbons (Fsp3) is 1.00. The third-order valence-corrected chi connectivity index (χ3v) is 3.88. The summed E-state index contributed by atoms with van der Waals surface area (Å²) in [5.74, 6) is -2.81. The lowest BCUT2D eigenvalue weighted by Crippen LogP contribution is -2.65. The van der Waals surface area contributed by atoms with Crippen LogP contribution in [0.5, 0.6) is 0 Å². The predicted molar refractivity (Wildman–Crippen MR) is 52.5 cm³/mol. The van der Waals surface area contributed by atoms with Gasteiger partial charge in [0.05, 0.1) is 0 Å². The molecule has 2 fully saturated rings. The molecule has 0 amide bonds. The van der Waals surface area contributed by atoms with Crippen molar-refractivity contribution in [3.63, 3.8) is 0 Å². The summed E-state index contributed by atoms with van der Waals surface area (Å²) in [6.07, 6.45) is 1.47. The van der Waals surface area contributed by atoms with E-state index >= 15 is 0 Å². The zero-order valence-corrected chi connectivity index (χ0v) is 9.19. The highest BCUT2D eigenvalue weighted by atomic mass is 19.3. The molecular weight excluding hydrogens is 184 g/mol. The summed E-state index contributed by atoms with van der Waals surface area (Å²) < 4.78 is 25.8. The molecule has 0 aromatic carbocycles. The summed E-state index contributed by atoms with van der Waals surface area (Å²) in [5, 5.41) is 0. The molecular formula is C11H19F2N. The molecule has 1 heterocycles.